The monoisotopic (exact) mass is 248 g/mol. The largest absolute Gasteiger partial charge is 0.413 e. The molecule has 94 valence electrons. The lowest BCUT2D eigenvalue weighted by Crippen LogP contribution is -2.41. The van der Waals surface area contributed by atoms with E-state index < -0.39 is 8.32 Å². The maximum Gasteiger partial charge on any atom is 0.192 e. The Balaban J connectivity index is 2.61. The van der Waals surface area contributed by atoms with Crippen LogP contribution in [0.15, 0.2) is 36.9 Å². The van der Waals surface area contributed by atoms with Gasteiger partial charge in [0.1, 0.15) is 0 Å². The van der Waals surface area contributed by atoms with Gasteiger partial charge in [0.25, 0.3) is 0 Å². The standard InChI is InChI=1S/C15H24OSi/c1-13(14-10-8-7-9-11-14)12-16-17(5,6)15(2,3)4/h7-11H,1,12H2,2-6H3. The molecular formula is C15H24OSi. The van der Waals surface area contributed by atoms with Gasteiger partial charge >= 0.3 is 0 Å². The molecule has 1 nitrogen and oxygen atoms in total. The van der Waals surface area contributed by atoms with Crippen LogP contribution >= 0.6 is 0 Å². The van der Waals surface area contributed by atoms with Crippen molar-refractivity contribution in [3.63, 3.8) is 0 Å². The summed E-state index contributed by atoms with van der Waals surface area (Å²) in [6.45, 7) is 16.0. The minimum atomic E-state index is -1.66. The summed E-state index contributed by atoms with van der Waals surface area (Å²) in [6.07, 6.45) is 0. The molecule has 0 aliphatic heterocycles. The van der Waals surface area contributed by atoms with Crippen molar-refractivity contribution < 1.29 is 4.43 Å². The number of hydrogen-bond acceptors (Lipinski definition) is 1. The van der Waals surface area contributed by atoms with E-state index in [1.54, 1.807) is 0 Å². The van der Waals surface area contributed by atoms with Gasteiger partial charge < -0.3 is 4.43 Å². The molecule has 1 rings (SSSR count). The molecule has 0 radical (unpaired) electrons. The number of hydrogen-bond donors (Lipinski definition) is 0. The third-order valence-corrected chi connectivity index (χ3v) is 8.07. The highest BCUT2D eigenvalue weighted by molar-refractivity contribution is 6.74. The van der Waals surface area contributed by atoms with E-state index in [2.05, 4.69) is 52.6 Å². The van der Waals surface area contributed by atoms with Gasteiger partial charge in [-0.15, -0.1) is 0 Å². The van der Waals surface area contributed by atoms with Crippen molar-refractivity contribution in [2.24, 2.45) is 0 Å². The van der Waals surface area contributed by atoms with E-state index in [0.29, 0.717) is 6.61 Å². The van der Waals surface area contributed by atoms with E-state index in [-0.39, 0.29) is 5.04 Å². The first kappa shape index (κ1) is 14.2. The molecule has 2 heteroatoms. The highest BCUT2D eigenvalue weighted by Crippen LogP contribution is 2.37. The Kier molecular flexibility index (Phi) is 4.34. The summed E-state index contributed by atoms with van der Waals surface area (Å²) in [5, 5.41) is 0.254. The van der Waals surface area contributed by atoms with E-state index >= 15 is 0 Å². The van der Waals surface area contributed by atoms with Crippen molar-refractivity contribution in [2.75, 3.05) is 6.61 Å². The van der Waals surface area contributed by atoms with Crippen LogP contribution in [0.2, 0.25) is 18.1 Å². The van der Waals surface area contributed by atoms with E-state index in [0.717, 1.165) is 5.57 Å². The maximum absolute atomic E-state index is 6.15. The van der Waals surface area contributed by atoms with Gasteiger partial charge in [-0.3, -0.25) is 0 Å². The van der Waals surface area contributed by atoms with Gasteiger partial charge in [0, 0.05) is 0 Å². The minimum absolute atomic E-state index is 0.254. The summed E-state index contributed by atoms with van der Waals surface area (Å²) >= 11 is 0. The molecule has 0 saturated carbocycles. The molecule has 1 aromatic rings. The van der Waals surface area contributed by atoms with Gasteiger partial charge in [-0.2, -0.15) is 0 Å². The molecular weight excluding hydrogens is 224 g/mol. The van der Waals surface area contributed by atoms with Crippen LogP contribution in [-0.2, 0) is 4.43 Å². The van der Waals surface area contributed by atoms with Crippen LogP contribution in [0.4, 0.5) is 0 Å². The lowest BCUT2D eigenvalue weighted by Gasteiger charge is -2.36. The highest BCUT2D eigenvalue weighted by atomic mass is 28.4. The molecule has 0 aliphatic carbocycles. The summed E-state index contributed by atoms with van der Waals surface area (Å²) in [5.74, 6) is 0. The summed E-state index contributed by atoms with van der Waals surface area (Å²) in [4.78, 5) is 0. The molecule has 0 unspecified atom stereocenters. The van der Waals surface area contributed by atoms with Crippen LogP contribution < -0.4 is 0 Å². The first-order chi connectivity index (χ1) is 7.74. The smallest absolute Gasteiger partial charge is 0.192 e. The van der Waals surface area contributed by atoms with Crippen molar-refractivity contribution in [3.8, 4) is 0 Å². The molecule has 0 N–H and O–H groups in total. The molecule has 0 amide bonds. The van der Waals surface area contributed by atoms with Crippen molar-refractivity contribution in [1.29, 1.82) is 0 Å². The predicted molar refractivity (Wildman–Crippen MR) is 78.6 cm³/mol. The maximum atomic E-state index is 6.15. The van der Waals surface area contributed by atoms with Crippen molar-refractivity contribution >= 4 is 13.9 Å². The zero-order valence-electron chi connectivity index (χ0n) is 11.7. The first-order valence-corrected chi connectivity index (χ1v) is 9.02. The van der Waals surface area contributed by atoms with E-state index in [1.807, 2.05) is 18.2 Å². The van der Waals surface area contributed by atoms with Crippen molar-refractivity contribution in [2.45, 2.75) is 38.9 Å². The van der Waals surface area contributed by atoms with Crippen LogP contribution in [0.5, 0.6) is 0 Å². The quantitative estimate of drug-likeness (QED) is 0.700. The third kappa shape index (κ3) is 3.82. The van der Waals surface area contributed by atoms with E-state index in [9.17, 15) is 0 Å². The molecule has 0 spiro atoms. The zero-order valence-corrected chi connectivity index (χ0v) is 12.7. The Morgan fingerprint density at radius 3 is 2.18 bits per heavy atom. The van der Waals surface area contributed by atoms with E-state index in [1.165, 1.54) is 5.56 Å². The van der Waals surface area contributed by atoms with Gasteiger partial charge in [0.2, 0.25) is 0 Å². The van der Waals surface area contributed by atoms with Gasteiger partial charge in [0.05, 0.1) is 6.61 Å². The van der Waals surface area contributed by atoms with Gasteiger partial charge in [0.15, 0.2) is 8.32 Å². The highest BCUT2D eigenvalue weighted by Gasteiger charge is 2.37. The van der Waals surface area contributed by atoms with Crippen LogP contribution in [0.25, 0.3) is 5.57 Å². The predicted octanol–water partition coefficient (Wildman–Crippen LogP) is 4.72. The molecule has 0 saturated heterocycles. The normalized spacial score (nSPS) is 12.5. The molecule has 0 heterocycles. The molecule has 0 aromatic heterocycles. The average Bonchev–Trinajstić information content (AvgIpc) is 2.25. The molecule has 1 aromatic carbocycles. The molecule has 17 heavy (non-hydrogen) atoms. The fourth-order valence-corrected chi connectivity index (χ4v) is 2.21. The van der Waals surface area contributed by atoms with Crippen LogP contribution in [-0.4, -0.2) is 14.9 Å². The first-order valence-electron chi connectivity index (χ1n) is 6.11. The molecule has 0 bridgehead atoms. The Morgan fingerprint density at radius 2 is 1.71 bits per heavy atom. The summed E-state index contributed by atoms with van der Waals surface area (Å²) in [7, 11) is -1.66. The Morgan fingerprint density at radius 1 is 1.18 bits per heavy atom. The number of benzene rings is 1. The molecule has 0 fully saturated rings. The third-order valence-electron chi connectivity index (χ3n) is 3.60. The Bertz CT molecular complexity index is 374. The zero-order chi connectivity index (χ0) is 13.1. The lowest BCUT2D eigenvalue weighted by atomic mass is 10.1. The summed E-state index contributed by atoms with van der Waals surface area (Å²) in [6, 6.07) is 10.2. The average molecular weight is 248 g/mol. The SMILES string of the molecule is C=C(CO[Si](C)(C)C(C)(C)C)c1ccccc1. The number of rotatable bonds is 4. The minimum Gasteiger partial charge on any atom is -0.413 e. The topological polar surface area (TPSA) is 9.23 Å². The van der Waals surface area contributed by atoms with Gasteiger partial charge in [-0.1, -0.05) is 57.7 Å². The van der Waals surface area contributed by atoms with E-state index in [4.69, 9.17) is 4.43 Å². The van der Waals surface area contributed by atoms with Crippen LogP contribution in [0.1, 0.15) is 26.3 Å². The van der Waals surface area contributed by atoms with Crippen molar-refractivity contribution in [3.05, 3.63) is 42.5 Å². The van der Waals surface area contributed by atoms with Gasteiger partial charge in [-0.25, -0.2) is 0 Å². The second-order valence-electron chi connectivity index (χ2n) is 6.02. The Hall–Kier alpha value is -0.863. The molecule has 0 atom stereocenters. The lowest BCUT2D eigenvalue weighted by molar-refractivity contribution is 0.334. The summed E-state index contributed by atoms with van der Waals surface area (Å²) in [5.41, 5.74) is 2.24. The second-order valence-corrected chi connectivity index (χ2v) is 10.8. The molecule has 0 aliphatic rings. The fraction of sp³-hybridized carbons (Fsp3) is 0.467. The van der Waals surface area contributed by atoms with Crippen LogP contribution in [0, 0.1) is 0 Å². The van der Waals surface area contributed by atoms with Gasteiger partial charge in [-0.05, 0) is 29.3 Å². The summed E-state index contributed by atoms with van der Waals surface area (Å²) < 4.78 is 6.15. The van der Waals surface area contributed by atoms with Crippen LogP contribution in [0.3, 0.4) is 0 Å². The Labute approximate surface area is 107 Å². The van der Waals surface area contributed by atoms with Crippen molar-refractivity contribution in [1.82, 2.24) is 0 Å². The second kappa shape index (κ2) is 5.19. The fourth-order valence-electron chi connectivity index (χ4n) is 1.24.